The molecule has 1 atom stereocenters. The van der Waals surface area contributed by atoms with Gasteiger partial charge in [0.1, 0.15) is 6.04 Å². The topological polar surface area (TPSA) is 96.5 Å². The van der Waals surface area contributed by atoms with Crippen LogP contribution < -0.4 is 16.0 Å². The molecule has 0 aliphatic rings. The van der Waals surface area contributed by atoms with Crippen LogP contribution in [0.4, 0.5) is 16.2 Å². The molecular formula is C24H25N3O4. The highest BCUT2D eigenvalue weighted by molar-refractivity contribution is 5.96. The number of carbonyl (C=O) groups is 3. The van der Waals surface area contributed by atoms with Gasteiger partial charge in [0.25, 0.3) is 5.91 Å². The molecule has 3 aromatic carbocycles. The van der Waals surface area contributed by atoms with Gasteiger partial charge >= 0.3 is 12.0 Å². The quantitative estimate of drug-likeness (QED) is 0.501. The van der Waals surface area contributed by atoms with Crippen molar-refractivity contribution < 1.29 is 19.1 Å². The predicted molar refractivity (Wildman–Crippen MR) is 121 cm³/mol. The first kappa shape index (κ1) is 21.8. The molecule has 0 radical (unpaired) electrons. The van der Waals surface area contributed by atoms with Crippen molar-refractivity contribution >= 4 is 40.1 Å². The van der Waals surface area contributed by atoms with Gasteiger partial charge in [-0.1, -0.05) is 62.4 Å². The highest BCUT2D eigenvalue weighted by Crippen LogP contribution is 2.18. The van der Waals surface area contributed by atoms with Gasteiger partial charge in [0.05, 0.1) is 0 Å². The molecule has 0 bridgehead atoms. The molecule has 160 valence electrons. The number of anilines is 2. The fourth-order valence-corrected chi connectivity index (χ4v) is 3.02. The van der Waals surface area contributed by atoms with Crippen LogP contribution in [0.5, 0.6) is 0 Å². The Balaban J connectivity index is 1.52. The van der Waals surface area contributed by atoms with E-state index in [2.05, 4.69) is 16.0 Å². The van der Waals surface area contributed by atoms with Crippen molar-refractivity contribution in [2.75, 3.05) is 17.2 Å². The summed E-state index contributed by atoms with van der Waals surface area (Å²) in [5, 5.41) is 10.0. The second-order valence-corrected chi connectivity index (χ2v) is 7.40. The molecule has 0 spiro atoms. The number of esters is 1. The van der Waals surface area contributed by atoms with Crippen LogP contribution in [0, 0.1) is 5.92 Å². The van der Waals surface area contributed by atoms with Gasteiger partial charge in [0.15, 0.2) is 6.61 Å². The Kier molecular flexibility index (Phi) is 7.22. The lowest BCUT2D eigenvalue weighted by atomic mass is 10.1. The number of hydrogen-bond donors (Lipinski definition) is 3. The lowest BCUT2D eigenvalue weighted by Crippen LogP contribution is -2.47. The summed E-state index contributed by atoms with van der Waals surface area (Å²) in [7, 11) is 0. The van der Waals surface area contributed by atoms with Crippen LogP contribution in [0.25, 0.3) is 10.8 Å². The van der Waals surface area contributed by atoms with Crippen molar-refractivity contribution in [1.82, 2.24) is 5.32 Å². The third kappa shape index (κ3) is 6.30. The average Bonchev–Trinajstić information content (AvgIpc) is 2.76. The van der Waals surface area contributed by atoms with E-state index >= 15 is 0 Å². The minimum atomic E-state index is -0.891. The van der Waals surface area contributed by atoms with Gasteiger partial charge < -0.3 is 20.7 Å². The molecule has 0 fully saturated rings. The van der Waals surface area contributed by atoms with Crippen LogP contribution in [0.2, 0.25) is 0 Å². The van der Waals surface area contributed by atoms with Gasteiger partial charge in [-0.2, -0.15) is 0 Å². The second kappa shape index (κ2) is 10.2. The summed E-state index contributed by atoms with van der Waals surface area (Å²) in [6.07, 6.45) is 0. The smallest absolute Gasteiger partial charge is 0.329 e. The predicted octanol–water partition coefficient (Wildman–Crippen LogP) is 4.17. The summed E-state index contributed by atoms with van der Waals surface area (Å²) in [6, 6.07) is 20.8. The number of fused-ring (bicyclic) bond motifs is 1. The first-order valence-electron chi connectivity index (χ1n) is 10.0. The molecule has 0 saturated heterocycles. The molecular weight excluding hydrogens is 394 g/mol. The van der Waals surface area contributed by atoms with Crippen LogP contribution in [0.15, 0.2) is 72.8 Å². The number of hydrogen-bond acceptors (Lipinski definition) is 4. The summed E-state index contributed by atoms with van der Waals surface area (Å²) >= 11 is 0. The summed E-state index contributed by atoms with van der Waals surface area (Å²) in [4.78, 5) is 36.9. The number of amides is 3. The molecule has 7 nitrogen and oxygen atoms in total. The van der Waals surface area contributed by atoms with Crippen molar-refractivity contribution in [2.24, 2.45) is 5.92 Å². The summed E-state index contributed by atoms with van der Waals surface area (Å²) in [6.45, 7) is 3.12. The van der Waals surface area contributed by atoms with E-state index in [1.165, 1.54) is 0 Å². The Bertz CT molecular complexity index is 1070. The molecule has 0 saturated carbocycles. The van der Waals surface area contributed by atoms with Gasteiger partial charge in [-0.3, -0.25) is 4.79 Å². The fraction of sp³-hybridized carbons (Fsp3) is 0.208. The zero-order valence-electron chi connectivity index (χ0n) is 17.4. The summed E-state index contributed by atoms with van der Waals surface area (Å²) in [5.74, 6) is -1.36. The summed E-state index contributed by atoms with van der Waals surface area (Å²) in [5.41, 5.74) is 1.21. The molecule has 31 heavy (non-hydrogen) atoms. The maximum absolute atomic E-state index is 12.5. The third-order valence-electron chi connectivity index (χ3n) is 4.62. The Morgan fingerprint density at radius 3 is 2.19 bits per heavy atom. The van der Waals surface area contributed by atoms with Crippen molar-refractivity contribution in [3.63, 3.8) is 0 Å². The van der Waals surface area contributed by atoms with Gasteiger partial charge in [0, 0.05) is 11.4 Å². The lowest BCUT2D eigenvalue weighted by molar-refractivity contribution is -0.150. The molecule has 0 aliphatic heterocycles. The maximum Gasteiger partial charge on any atom is 0.329 e. The number of urea groups is 1. The lowest BCUT2D eigenvalue weighted by Gasteiger charge is -2.21. The van der Waals surface area contributed by atoms with E-state index in [0.717, 1.165) is 10.8 Å². The Hall–Kier alpha value is -3.87. The summed E-state index contributed by atoms with van der Waals surface area (Å²) < 4.78 is 5.14. The van der Waals surface area contributed by atoms with Crippen molar-refractivity contribution in [1.29, 1.82) is 0 Å². The van der Waals surface area contributed by atoms with E-state index in [0.29, 0.717) is 11.4 Å². The van der Waals surface area contributed by atoms with E-state index in [9.17, 15) is 14.4 Å². The van der Waals surface area contributed by atoms with Gasteiger partial charge in [-0.05, 0) is 41.0 Å². The largest absolute Gasteiger partial charge is 0.454 e. The maximum atomic E-state index is 12.5. The molecule has 7 heteroatoms. The molecule has 3 rings (SSSR count). The number of para-hydroxylation sites is 1. The SMILES string of the molecule is CC(C)[C@@H](NC(=O)Nc1ccccc1)C(=O)OCC(=O)Nc1ccc2ccccc2c1. The zero-order valence-corrected chi connectivity index (χ0v) is 17.4. The van der Waals surface area contributed by atoms with Crippen LogP contribution >= 0.6 is 0 Å². The molecule has 3 N–H and O–H groups in total. The number of benzene rings is 3. The first-order valence-corrected chi connectivity index (χ1v) is 10.0. The van der Waals surface area contributed by atoms with E-state index in [1.54, 1.807) is 44.2 Å². The van der Waals surface area contributed by atoms with Crippen LogP contribution in [0.1, 0.15) is 13.8 Å². The normalized spacial score (nSPS) is 11.6. The number of nitrogens with one attached hydrogen (secondary N) is 3. The highest BCUT2D eigenvalue weighted by atomic mass is 16.5. The molecule has 0 aliphatic carbocycles. The van der Waals surface area contributed by atoms with E-state index in [1.807, 2.05) is 42.5 Å². The van der Waals surface area contributed by atoms with Gasteiger partial charge in [-0.25, -0.2) is 9.59 Å². The Morgan fingerprint density at radius 1 is 0.806 bits per heavy atom. The molecule has 3 amide bonds. The molecule has 0 unspecified atom stereocenters. The minimum absolute atomic E-state index is 0.224. The van der Waals surface area contributed by atoms with E-state index in [-0.39, 0.29) is 5.92 Å². The van der Waals surface area contributed by atoms with Gasteiger partial charge in [-0.15, -0.1) is 0 Å². The average molecular weight is 419 g/mol. The van der Waals surface area contributed by atoms with Crippen molar-refractivity contribution in [2.45, 2.75) is 19.9 Å². The van der Waals surface area contributed by atoms with Crippen molar-refractivity contribution in [3.05, 3.63) is 72.8 Å². The van der Waals surface area contributed by atoms with Gasteiger partial charge in [0.2, 0.25) is 0 Å². The number of carbonyl (C=O) groups excluding carboxylic acids is 3. The van der Waals surface area contributed by atoms with E-state index < -0.39 is 30.6 Å². The zero-order chi connectivity index (χ0) is 22.2. The van der Waals surface area contributed by atoms with Crippen molar-refractivity contribution in [3.8, 4) is 0 Å². The number of ether oxygens (including phenoxy) is 1. The standard InChI is InChI=1S/C24H25N3O4/c1-16(2)22(27-24(30)26-19-10-4-3-5-11-19)23(29)31-15-21(28)25-20-13-12-17-8-6-7-9-18(17)14-20/h3-14,16,22H,15H2,1-2H3,(H,25,28)(H2,26,27,30)/t22-/m1/s1. The molecule has 0 heterocycles. The monoisotopic (exact) mass is 419 g/mol. The second-order valence-electron chi connectivity index (χ2n) is 7.40. The van der Waals surface area contributed by atoms with Crippen LogP contribution in [-0.2, 0) is 14.3 Å². The van der Waals surface area contributed by atoms with Crippen LogP contribution in [-0.4, -0.2) is 30.6 Å². The third-order valence-corrected chi connectivity index (χ3v) is 4.62. The first-order chi connectivity index (χ1) is 14.9. The molecule has 0 aromatic heterocycles. The highest BCUT2D eigenvalue weighted by Gasteiger charge is 2.26. The number of rotatable bonds is 7. The fourth-order valence-electron chi connectivity index (χ4n) is 3.02. The van der Waals surface area contributed by atoms with Crippen LogP contribution in [0.3, 0.4) is 0 Å². The van der Waals surface area contributed by atoms with E-state index in [4.69, 9.17) is 4.74 Å². The Morgan fingerprint density at radius 2 is 1.48 bits per heavy atom. The molecule has 3 aromatic rings. The Labute approximate surface area is 180 Å². The minimum Gasteiger partial charge on any atom is -0.454 e.